The number of piperidine rings is 1. The van der Waals surface area contributed by atoms with E-state index in [9.17, 15) is 4.79 Å². The number of carbonyl (C=O) groups is 1. The molecule has 0 aromatic rings. The zero-order chi connectivity index (χ0) is 28.7. The van der Waals surface area contributed by atoms with Crippen LogP contribution in [0, 0.1) is 58.2 Å². The van der Waals surface area contributed by atoms with E-state index in [1.807, 2.05) is 0 Å². The molecule has 0 radical (unpaired) electrons. The van der Waals surface area contributed by atoms with Crippen LogP contribution in [0.5, 0.6) is 0 Å². The SMILES string of the molecule is CC(C)CCCC(C)C1CCC2C3CC=C4CC(OC(=O)CCN5CC(C)CC(C)C5)CC[C@@]4(C)C3CC[C@@]12C.Cl. The topological polar surface area (TPSA) is 29.5 Å². The van der Waals surface area contributed by atoms with Gasteiger partial charge in [-0.3, -0.25) is 4.79 Å². The third-order valence-electron chi connectivity index (χ3n) is 13.1. The molecule has 0 N–H and O–H groups in total. The Morgan fingerprint density at radius 3 is 2.44 bits per heavy atom. The van der Waals surface area contributed by atoms with Gasteiger partial charge in [0.15, 0.2) is 0 Å². The van der Waals surface area contributed by atoms with E-state index in [1.54, 1.807) is 5.57 Å². The second-order valence-corrected chi connectivity index (χ2v) is 16.6. The first-order valence-corrected chi connectivity index (χ1v) is 17.6. The molecule has 0 spiro atoms. The largest absolute Gasteiger partial charge is 0.462 e. The molecule has 0 aromatic carbocycles. The first-order chi connectivity index (χ1) is 19.0. The molecule has 8 unspecified atom stereocenters. The molecule has 1 heterocycles. The number of rotatable bonds is 9. The van der Waals surface area contributed by atoms with Crippen molar-refractivity contribution in [3.05, 3.63) is 11.6 Å². The Balaban J connectivity index is 0.00000387. The predicted octanol–water partition coefficient (Wildman–Crippen LogP) is 9.73. The Bertz CT molecular complexity index is 907. The molecule has 5 rings (SSSR count). The summed E-state index contributed by atoms with van der Waals surface area (Å²) < 4.78 is 6.13. The van der Waals surface area contributed by atoms with E-state index < -0.39 is 0 Å². The number of allylic oxidation sites excluding steroid dienone is 1. The minimum Gasteiger partial charge on any atom is -0.462 e. The molecule has 0 aromatic heterocycles. The quantitative estimate of drug-likeness (QED) is 0.198. The van der Waals surface area contributed by atoms with E-state index in [2.05, 4.69) is 59.4 Å². The number of ether oxygens (including phenoxy) is 1. The van der Waals surface area contributed by atoms with Gasteiger partial charge in [0, 0.05) is 26.1 Å². The smallest absolute Gasteiger partial charge is 0.307 e. The van der Waals surface area contributed by atoms with E-state index in [0.29, 0.717) is 17.3 Å². The molecule has 4 aliphatic carbocycles. The lowest BCUT2D eigenvalue weighted by Gasteiger charge is -2.58. The fourth-order valence-electron chi connectivity index (χ4n) is 11.2. The van der Waals surface area contributed by atoms with Gasteiger partial charge in [0.05, 0.1) is 6.42 Å². The van der Waals surface area contributed by atoms with Crippen LogP contribution in [-0.2, 0) is 9.53 Å². The van der Waals surface area contributed by atoms with Gasteiger partial charge in [0.25, 0.3) is 0 Å². The first-order valence-electron chi connectivity index (χ1n) is 17.6. The standard InChI is InChI=1S/C37H63NO2.ClH/c1-25(2)9-8-10-28(5)32-13-14-33-31-12-11-29-22-30(15-18-36(29,6)34(31)16-19-37(32,33)7)40-35(39)17-20-38-23-26(3)21-27(4)24-38;/h11,25-28,30-34H,8-10,12-24H2,1-7H3;1H/t26?,27?,28?,30?,31?,32?,33?,34?,36-,37+;/m1./s1. The number of carbonyl (C=O) groups excluding carboxylic acids is 1. The number of fused-ring (bicyclic) bond motifs is 5. The second kappa shape index (κ2) is 13.6. The molecule has 0 amide bonds. The second-order valence-electron chi connectivity index (χ2n) is 16.6. The van der Waals surface area contributed by atoms with E-state index in [1.165, 1.54) is 64.2 Å². The molecule has 4 heteroatoms. The summed E-state index contributed by atoms with van der Waals surface area (Å²) in [4.78, 5) is 15.3. The van der Waals surface area contributed by atoms with Gasteiger partial charge in [0.1, 0.15) is 6.10 Å². The van der Waals surface area contributed by atoms with Gasteiger partial charge in [-0.1, -0.05) is 79.4 Å². The number of nitrogens with zero attached hydrogens (tertiary/aromatic N) is 1. The van der Waals surface area contributed by atoms with Crippen LogP contribution < -0.4 is 0 Å². The van der Waals surface area contributed by atoms with Crippen LogP contribution in [0.2, 0.25) is 0 Å². The van der Waals surface area contributed by atoms with Crippen LogP contribution >= 0.6 is 12.4 Å². The summed E-state index contributed by atoms with van der Waals surface area (Å²) in [5, 5.41) is 0. The number of esters is 1. The van der Waals surface area contributed by atoms with Crippen molar-refractivity contribution in [3.8, 4) is 0 Å². The zero-order valence-corrected chi connectivity index (χ0v) is 28.6. The van der Waals surface area contributed by atoms with Gasteiger partial charge in [-0.2, -0.15) is 0 Å². The van der Waals surface area contributed by atoms with Crippen LogP contribution in [-0.4, -0.2) is 36.6 Å². The average Bonchev–Trinajstić information content (AvgIpc) is 3.24. The lowest BCUT2D eigenvalue weighted by Crippen LogP contribution is -2.51. The van der Waals surface area contributed by atoms with Crippen molar-refractivity contribution in [2.24, 2.45) is 58.2 Å². The zero-order valence-electron chi connectivity index (χ0n) is 27.8. The molecule has 1 aliphatic heterocycles. The number of halogens is 1. The number of likely N-dealkylation sites (tertiary alicyclic amines) is 1. The van der Waals surface area contributed by atoms with Crippen molar-refractivity contribution in [2.75, 3.05) is 19.6 Å². The minimum atomic E-state index is 0. The van der Waals surface area contributed by atoms with Crippen LogP contribution in [0.4, 0.5) is 0 Å². The van der Waals surface area contributed by atoms with Crippen molar-refractivity contribution in [1.82, 2.24) is 4.90 Å². The van der Waals surface area contributed by atoms with Gasteiger partial charge < -0.3 is 9.64 Å². The summed E-state index contributed by atoms with van der Waals surface area (Å²) in [6.07, 6.45) is 19.1. The first kappa shape index (κ1) is 33.4. The Morgan fingerprint density at radius 2 is 1.73 bits per heavy atom. The Labute approximate surface area is 259 Å². The molecule has 5 aliphatic rings. The number of hydrogen-bond acceptors (Lipinski definition) is 3. The molecule has 3 nitrogen and oxygen atoms in total. The maximum absolute atomic E-state index is 12.9. The normalized spacial score (nSPS) is 41.5. The van der Waals surface area contributed by atoms with E-state index in [0.717, 1.165) is 79.8 Å². The highest BCUT2D eigenvalue weighted by Crippen LogP contribution is 2.67. The van der Waals surface area contributed by atoms with Gasteiger partial charge in [-0.15, -0.1) is 12.4 Å². The lowest BCUT2D eigenvalue weighted by molar-refractivity contribution is -0.152. The van der Waals surface area contributed by atoms with Gasteiger partial charge in [-0.25, -0.2) is 0 Å². The minimum absolute atomic E-state index is 0. The van der Waals surface area contributed by atoms with E-state index in [4.69, 9.17) is 4.74 Å². The van der Waals surface area contributed by atoms with Gasteiger partial charge in [-0.05, 0) is 110 Å². The lowest BCUT2D eigenvalue weighted by atomic mass is 9.47. The van der Waals surface area contributed by atoms with E-state index in [-0.39, 0.29) is 24.5 Å². The summed E-state index contributed by atoms with van der Waals surface area (Å²) in [6, 6.07) is 0. The van der Waals surface area contributed by atoms with Crippen LogP contribution in [0.15, 0.2) is 11.6 Å². The maximum atomic E-state index is 12.9. The Morgan fingerprint density at radius 1 is 1.00 bits per heavy atom. The fourth-order valence-corrected chi connectivity index (χ4v) is 11.2. The highest BCUT2D eigenvalue weighted by Gasteiger charge is 2.59. The summed E-state index contributed by atoms with van der Waals surface area (Å²) >= 11 is 0. The summed E-state index contributed by atoms with van der Waals surface area (Å²) in [5.41, 5.74) is 2.52. The summed E-state index contributed by atoms with van der Waals surface area (Å²) in [5.74, 6) is 6.76. The molecular formula is C37H64ClNO2. The average molecular weight is 590 g/mol. The molecule has 41 heavy (non-hydrogen) atoms. The Hall–Kier alpha value is -0.540. The molecule has 10 atom stereocenters. The van der Waals surface area contributed by atoms with Crippen molar-refractivity contribution in [3.63, 3.8) is 0 Å². The third kappa shape index (κ3) is 7.08. The van der Waals surface area contributed by atoms with Crippen LogP contribution in [0.3, 0.4) is 0 Å². The number of hydrogen-bond donors (Lipinski definition) is 0. The van der Waals surface area contributed by atoms with Crippen molar-refractivity contribution in [1.29, 1.82) is 0 Å². The monoisotopic (exact) mass is 589 g/mol. The van der Waals surface area contributed by atoms with Crippen molar-refractivity contribution in [2.45, 2.75) is 138 Å². The summed E-state index contributed by atoms with van der Waals surface area (Å²) in [6.45, 7) is 20.4. The molecule has 236 valence electrons. The highest BCUT2D eigenvalue weighted by molar-refractivity contribution is 5.85. The fraction of sp³-hybridized carbons (Fsp3) is 0.919. The van der Waals surface area contributed by atoms with Gasteiger partial charge >= 0.3 is 5.97 Å². The predicted molar refractivity (Wildman–Crippen MR) is 174 cm³/mol. The van der Waals surface area contributed by atoms with Crippen molar-refractivity contribution >= 4 is 18.4 Å². The van der Waals surface area contributed by atoms with Gasteiger partial charge in [0.2, 0.25) is 0 Å². The molecular weight excluding hydrogens is 526 g/mol. The van der Waals surface area contributed by atoms with Crippen molar-refractivity contribution < 1.29 is 9.53 Å². The van der Waals surface area contributed by atoms with E-state index >= 15 is 0 Å². The molecule has 1 saturated heterocycles. The summed E-state index contributed by atoms with van der Waals surface area (Å²) in [7, 11) is 0. The Kier molecular flexibility index (Phi) is 11.1. The maximum Gasteiger partial charge on any atom is 0.307 e. The molecule has 4 fully saturated rings. The molecule has 0 bridgehead atoms. The third-order valence-corrected chi connectivity index (χ3v) is 13.1. The highest BCUT2D eigenvalue weighted by atomic mass is 35.5. The van der Waals surface area contributed by atoms with Crippen LogP contribution in [0.1, 0.15) is 132 Å². The molecule has 3 saturated carbocycles. The van der Waals surface area contributed by atoms with Crippen LogP contribution in [0.25, 0.3) is 0 Å².